The van der Waals surface area contributed by atoms with Crippen LogP contribution in [0.3, 0.4) is 0 Å². The number of nitrogens with zero attached hydrogens (tertiary/aromatic N) is 5. The van der Waals surface area contributed by atoms with Gasteiger partial charge in [-0.2, -0.15) is 0 Å². The fourth-order valence-electron chi connectivity index (χ4n) is 2.77. The van der Waals surface area contributed by atoms with E-state index >= 15 is 0 Å². The first-order valence-electron chi connectivity index (χ1n) is 7.32. The van der Waals surface area contributed by atoms with Crippen molar-refractivity contribution in [1.82, 2.24) is 24.5 Å². The molecule has 9 nitrogen and oxygen atoms in total. The van der Waals surface area contributed by atoms with Gasteiger partial charge in [-0.1, -0.05) is 0 Å². The third-order valence-corrected chi connectivity index (χ3v) is 4.94. The van der Waals surface area contributed by atoms with Gasteiger partial charge in [0.25, 0.3) is 0 Å². The third kappa shape index (κ3) is 2.31. The Hall–Kier alpha value is -1.98. The van der Waals surface area contributed by atoms with Crippen molar-refractivity contribution in [3.8, 4) is 10.7 Å². The van der Waals surface area contributed by atoms with E-state index in [2.05, 4.69) is 19.9 Å². The molecule has 4 heterocycles. The number of hydrogen-bond donors (Lipinski definition) is 3. The van der Waals surface area contributed by atoms with Crippen LogP contribution in [-0.2, 0) is 4.74 Å². The third-order valence-electron chi connectivity index (χ3n) is 3.97. The zero-order valence-electron chi connectivity index (χ0n) is 12.6. The summed E-state index contributed by atoms with van der Waals surface area (Å²) in [7, 11) is 0. The van der Waals surface area contributed by atoms with Crippen LogP contribution in [-0.4, -0.2) is 64.7 Å². The van der Waals surface area contributed by atoms with Crippen molar-refractivity contribution < 1.29 is 20.1 Å². The van der Waals surface area contributed by atoms with Gasteiger partial charge in [-0.05, 0) is 6.92 Å². The van der Waals surface area contributed by atoms with Crippen LogP contribution in [0.5, 0.6) is 0 Å². The van der Waals surface area contributed by atoms with Crippen LogP contribution in [0.1, 0.15) is 11.9 Å². The molecule has 0 spiro atoms. The molecule has 126 valence electrons. The van der Waals surface area contributed by atoms with Crippen molar-refractivity contribution in [1.29, 1.82) is 0 Å². The normalized spacial score (nSPS) is 27.2. The van der Waals surface area contributed by atoms with Gasteiger partial charge in [-0.15, -0.1) is 11.3 Å². The lowest BCUT2D eigenvalue weighted by Crippen LogP contribution is -2.33. The summed E-state index contributed by atoms with van der Waals surface area (Å²) in [6.07, 6.45) is -1.24. The topological polar surface area (TPSA) is 126 Å². The van der Waals surface area contributed by atoms with Crippen molar-refractivity contribution >= 4 is 22.5 Å². The molecule has 24 heavy (non-hydrogen) atoms. The second-order valence-corrected chi connectivity index (χ2v) is 6.43. The monoisotopic (exact) mass is 349 g/mol. The molecule has 0 bridgehead atoms. The molecular weight excluding hydrogens is 334 g/mol. The minimum Gasteiger partial charge on any atom is -0.394 e. The van der Waals surface area contributed by atoms with Crippen molar-refractivity contribution in [3.05, 3.63) is 23.7 Å². The molecule has 1 fully saturated rings. The first kappa shape index (κ1) is 15.5. The molecule has 3 aromatic rings. The molecule has 0 radical (unpaired) electrons. The number of aromatic nitrogens is 5. The van der Waals surface area contributed by atoms with Gasteiger partial charge in [0.05, 0.1) is 12.9 Å². The SMILES string of the molecule is Cc1csc(-c2ncnc3c2ncn3C2O[C@H](CO)[C@@H](O)[C@H]2O)n1. The average Bonchev–Trinajstić information content (AvgIpc) is 3.27. The van der Waals surface area contributed by atoms with Crippen molar-refractivity contribution in [2.75, 3.05) is 6.61 Å². The number of aliphatic hydroxyl groups excluding tert-OH is 3. The summed E-state index contributed by atoms with van der Waals surface area (Å²) in [5.74, 6) is 0. The van der Waals surface area contributed by atoms with Gasteiger partial charge in [0.2, 0.25) is 0 Å². The van der Waals surface area contributed by atoms with Gasteiger partial charge in [0.1, 0.15) is 40.9 Å². The van der Waals surface area contributed by atoms with E-state index in [1.165, 1.54) is 28.6 Å². The Morgan fingerprint density at radius 3 is 2.75 bits per heavy atom. The Balaban J connectivity index is 1.79. The van der Waals surface area contributed by atoms with E-state index in [-0.39, 0.29) is 6.61 Å². The van der Waals surface area contributed by atoms with E-state index < -0.39 is 24.5 Å². The number of rotatable bonds is 3. The largest absolute Gasteiger partial charge is 0.394 e. The van der Waals surface area contributed by atoms with E-state index in [0.29, 0.717) is 16.9 Å². The van der Waals surface area contributed by atoms with Crippen LogP contribution in [0.2, 0.25) is 0 Å². The fraction of sp³-hybridized carbons (Fsp3) is 0.429. The van der Waals surface area contributed by atoms with E-state index in [0.717, 1.165) is 10.7 Å². The highest BCUT2D eigenvalue weighted by molar-refractivity contribution is 7.13. The van der Waals surface area contributed by atoms with Crippen molar-refractivity contribution in [2.45, 2.75) is 31.5 Å². The zero-order valence-corrected chi connectivity index (χ0v) is 13.5. The van der Waals surface area contributed by atoms with Crippen LogP contribution in [0.4, 0.5) is 0 Å². The molecule has 0 aliphatic carbocycles. The van der Waals surface area contributed by atoms with Gasteiger partial charge >= 0.3 is 0 Å². The molecule has 1 aliphatic heterocycles. The smallest absolute Gasteiger partial charge is 0.166 e. The van der Waals surface area contributed by atoms with Crippen LogP contribution in [0.15, 0.2) is 18.0 Å². The van der Waals surface area contributed by atoms with Gasteiger partial charge in [0.15, 0.2) is 11.9 Å². The molecule has 1 aliphatic rings. The molecule has 3 N–H and O–H groups in total. The lowest BCUT2D eigenvalue weighted by molar-refractivity contribution is -0.0511. The lowest BCUT2D eigenvalue weighted by atomic mass is 10.1. The quantitative estimate of drug-likeness (QED) is 0.597. The fourth-order valence-corrected chi connectivity index (χ4v) is 3.56. The summed E-state index contributed by atoms with van der Waals surface area (Å²) < 4.78 is 7.07. The minimum atomic E-state index is -1.19. The number of hydrogen-bond acceptors (Lipinski definition) is 9. The maximum absolute atomic E-state index is 10.2. The van der Waals surface area contributed by atoms with Crippen LogP contribution in [0, 0.1) is 6.92 Å². The van der Waals surface area contributed by atoms with Gasteiger partial charge in [-0.3, -0.25) is 4.57 Å². The molecule has 3 aromatic heterocycles. The summed E-state index contributed by atoms with van der Waals surface area (Å²) in [4.78, 5) is 17.2. The predicted molar refractivity (Wildman–Crippen MR) is 84.2 cm³/mol. The summed E-state index contributed by atoms with van der Waals surface area (Å²) in [6, 6.07) is 0. The van der Waals surface area contributed by atoms with Crippen molar-refractivity contribution in [3.63, 3.8) is 0 Å². The average molecular weight is 349 g/mol. The number of aryl methyl sites for hydroxylation is 1. The zero-order chi connectivity index (χ0) is 16.8. The van der Waals surface area contributed by atoms with Crippen LogP contribution < -0.4 is 0 Å². The minimum absolute atomic E-state index is 0.389. The van der Waals surface area contributed by atoms with E-state index in [1.54, 1.807) is 0 Å². The summed E-state index contributed by atoms with van der Waals surface area (Å²) in [5, 5.41) is 32.0. The number of thiazole rings is 1. The van der Waals surface area contributed by atoms with Gasteiger partial charge in [0, 0.05) is 11.1 Å². The Labute approximate surface area is 140 Å². The molecule has 1 unspecified atom stereocenters. The second kappa shape index (κ2) is 5.83. The Morgan fingerprint density at radius 1 is 1.25 bits per heavy atom. The number of fused-ring (bicyclic) bond motifs is 1. The van der Waals surface area contributed by atoms with E-state index in [9.17, 15) is 15.3 Å². The Bertz CT molecular complexity index is 881. The summed E-state index contributed by atoms with van der Waals surface area (Å²) in [5.41, 5.74) is 2.49. The second-order valence-electron chi connectivity index (χ2n) is 5.57. The predicted octanol–water partition coefficient (Wildman–Crippen LogP) is -0.130. The van der Waals surface area contributed by atoms with Crippen molar-refractivity contribution in [2.24, 2.45) is 0 Å². The molecule has 4 rings (SSSR count). The first-order chi connectivity index (χ1) is 11.6. The Morgan fingerprint density at radius 2 is 2.08 bits per heavy atom. The van der Waals surface area contributed by atoms with Crippen LogP contribution >= 0.6 is 11.3 Å². The first-order valence-corrected chi connectivity index (χ1v) is 8.20. The summed E-state index contributed by atoms with van der Waals surface area (Å²) >= 11 is 1.46. The maximum Gasteiger partial charge on any atom is 0.166 e. The van der Waals surface area contributed by atoms with E-state index in [4.69, 9.17) is 4.74 Å². The van der Waals surface area contributed by atoms with Gasteiger partial charge in [-0.25, -0.2) is 19.9 Å². The molecular formula is C14H15N5O4S. The molecule has 0 aromatic carbocycles. The molecule has 10 heteroatoms. The maximum atomic E-state index is 10.2. The highest BCUT2D eigenvalue weighted by Gasteiger charge is 2.44. The highest BCUT2D eigenvalue weighted by atomic mass is 32.1. The standard InChI is InChI=1S/C14H15N5O4S/c1-6-3-24-13(18-6)9-8-12(16-4-15-9)19(5-17-8)14-11(22)10(21)7(2-20)23-14/h3-5,7,10-11,14,20-22H,2H2,1H3/t7-,10-,11-,14?/m1/s1. The van der Waals surface area contributed by atoms with Gasteiger partial charge < -0.3 is 20.1 Å². The summed E-state index contributed by atoms with van der Waals surface area (Å²) in [6.45, 7) is 1.51. The highest BCUT2D eigenvalue weighted by Crippen LogP contribution is 2.33. The van der Waals surface area contributed by atoms with Crippen LogP contribution in [0.25, 0.3) is 21.9 Å². The molecule has 0 saturated carbocycles. The number of ether oxygens (including phenoxy) is 1. The number of aliphatic hydroxyl groups is 3. The Kier molecular flexibility index (Phi) is 3.77. The molecule has 1 saturated heterocycles. The van der Waals surface area contributed by atoms with E-state index in [1.807, 2.05) is 12.3 Å². The molecule has 4 atom stereocenters. The molecule has 0 amide bonds. The lowest BCUT2D eigenvalue weighted by Gasteiger charge is -2.16. The number of imidazole rings is 1.